The molecule has 1 N–H and O–H groups in total. The molecule has 0 spiro atoms. The highest BCUT2D eigenvalue weighted by Crippen LogP contribution is 2.42. The van der Waals surface area contributed by atoms with Crippen LogP contribution in [-0.2, 0) is 6.18 Å². The molecule has 3 aromatic heterocycles. The smallest absolute Gasteiger partial charge is 0.434 e. The van der Waals surface area contributed by atoms with Crippen molar-refractivity contribution in [3.05, 3.63) is 60.3 Å². The number of hydrogen-bond acceptors (Lipinski definition) is 7. The third-order valence-corrected chi connectivity index (χ3v) is 7.99. The molecular weight excluding hydrogens is 575 g/mol. The second kappa shape index (κ2) is 11.0. The molecule has 226 valence electrons. The Balaban J connectivity index is 1.33. The molecule has 43 heavy (non-hydrogen) atoms. The average Bonchev–Trinajstić information content (AvgIpc) is 3.36. The quantitative estimate of drug-likeness (QED) is 0.253. The van der Waals surface area contributed by atoms with E-state index in [1.165, 1.54) is 0 Å². The van der Waals surface area contributed by atoms with E-state index >= 15 is 0 Å². The molecule has 14 heteroatoms. The van der Waals surface area contributed by atoms with Gasteiger partial charge in [-0.3, -0.25) is 0 Å². The van der Waals surface area contributed by atoms with Crippen molar-refractivity contribution in [1.29, 1.82) is 0 Å². The van der Waals surface area contributed by atoms with Gasteiger partial charge in [-0.05, 0) is 31.0 Å². The van der Waals surface area contributed by atoms with Gasteiger partial charge in [-0.25, -0.2) is 33.5 Å². The molecule has 1 aliphatic heterocycles. The summed E-state index contributed by atoms with van der Waals surface area (Å²) in [7, 11) is 0. The van der Waals surface area contributed by atoms with Crippen LogP contribution in [0.3, 0.4) is 0 Å². The number of benzene rings is 1. The SMILES string of the molecule is O=C(O)c1cnc(-c2cn(C3CCC(F)(F)CC3)c3cc(OC4CCN(c5ncccn5)CC4)ccc23)nc1C(F)(F)F. The van der Waals surface area contributed by atoms with Gasteiger partial charge in [-0.1, -0.05) is 0 Å². The van der Waals surface area contributed by atoms with Crippen LogP contribution in [-0.4, -0.2) is 60.7 Å². The number of fused-ring (bicyclic) bond motifs is 1. The maximum atomic E-state index is 14.0. The number of carboxylic acid groups (broad SMARTS) is 1. The minimum Gasteiger partial charge on any atom is -0.490 e. The summed E-state index contributed by atoms with van der Waals surface area (Å²) in [6.45, 7) is 1.39. The standard InChI is InChI=1S/C29H27F5N6O3/c30-28(31)8-4-17(5-9-28)40-16-22(25-37-15-21(26(41)42)24(38-25)29(32,33)34)20-3-2-19(14-23(20)40)43-18-6-12-39(13-7-18)27-35-10-1-11-36-27/h1-3,10-11,14-18H,4-9,12-13H2,(H,41,42). The van der Waals surface area contributed by atoms with Gasteiger partial charge in [-0.2, -0.15) is 13.2 Å². The summed E-state index contributed by atoms with van der Waals surface area (Å²) in [6, 6.07) is 6.56. The Bertz CT molecular complexity index is 1630. The Morgan fingerprint density at radius 1 is 1.02 bits per heavy atom. The zero-order chi connectivity index (χ0) is 30.4. The molecule has 1 aromatic carbocycles. The van der Waals surface area contributed by atoms with E-state index in [1.807, 2.05) is 0 Å². The number of nitrogens with zero attached hydrogens (tertiary/aromatic N) is 6. The number of ether oxygens (including phenoxy) is 1. The molecule has 0 radical (unpaired) electrons. The number of rotatable bonds is 6. The van der Waals surface area contributed by atoms with Gasteiger partial charge >= 0.3 is 12.1 Å². The van der Waals surface area contributed by atoms with Crippen LogP contribution in [0.2, 0.25) is 0 Å². The number of piperidine rings is 1. The molecule has 6 rings (SSSR count). The number of halogens is 5. The number of anilines is 1. The highest BCUT2D eigenvalue weighted by molar-refractivity contribution is 5.96. The van der Waals surface area contributed by atoms with Crippen molar-refractivity contribution in [3.8, 4) is 17.1 Å². The van der Waals surface area contributed by atoms with Gasteiger partial charge in [0.25, 0.3) is 0 Å². The average molecular weight is 603 g/mol. The summed E-state index contributed by atoms with van der Waals surface area (Å²) in [4.78, 5) is 29.6. The maximum absolute atomic E-state index is 14.0. The maximum Gasteiger partial charge on any atom is 0.434 e. The Morgan fingerprint density at radius 3 is 2.37 bits per heavy atom. The highest BCUT2D eigenvalue weighted by Gasteiger charge is 2.39. The molecule has 0 bridgehead atoms. The lowest BCUT2D eigenvalue weighted by Gasteiger charge is -2.32. The lowest BCUT2D eigenvalue weighted by molar-refractivity contribution is -0.141. The van der Waals surface area contributed by atoms with E-state index in [2.05, 4.69) is 24.8 Å². The van der Waals surface area contributed by atoms with Crippen LogP contribution in [0.25, 0.3) is 22.3 Å². The van der Waals surface area contributed by atoms with Crippen LogP contribution < -0.4 is 9.64 Å². The van der Waals surface area contributed by atoms with E-state index in [9.17, 15) is 31.9 Å². The first-order chi connectivity index (χ1) is 20.5. The molecular formula is C29H27F5N6O3. The van der Waals surface area contributed by atoms with E-state index in [4.69, 9.17) is 4.74 Å². The van der Waals surface area contributed by atoms with Crippen molar-refractivity contribution in [2.45, 2.75) is 62.8 Å². The van der Waals surface area contributed by atoms with Crippen molar-refractivity contribution in [3.63, 3.8) is 0 Å². The molecule has 9 nitrogen and oxygen atoms in total. The summed E-state index contributed by atoms with van der Waals surface area (Å²) in [6.07, 6.45) is 1.61. The van der Waals surface area contributed by atoms with Crippen LogP contribution in [0.5, 0.6) is 5.75 Å². The van der Waals surface area contributed by atoms with Crippen LogP contribution >= 0.6 is 0 Å². The summed E-state index contributed by atoms with van der Waals surface area (Å²) >= 11 is 0. The molecule has 1 aliphatic carbocycles. The Labute approximate surface area is 242 Å². The molecule has 0 atom stereocenters. The predicted molar refractivity (Wildman–Crippen MR) is 145 cm³/mol. The van der Waals surface area contributed by atoms with Crippen molar-refractivity contribution < 1.29 is 36.6 Å². The summed E-state index contributed by atoms with van der Waals surface area (Å²) in [5.74, 6) is -3.70. The molecule has 2 fully saturated rings. The number of carboxylic acids is 1. The third-order valence-electron chi connectivity index (χ3n) is 7.99. The second-order valence-electron chi connectivity index (χ2n) is 10.8. The first-order valence-corrected chi connectivity index (χ1v) is 13.9. The van der Waals surface area contributed by atoms with Crippen LogP contribution in [0.1, 0.15) is 60.6 Å². The zero-order valence-corrected chi connectivity index (χ0v) is 22.8. The van der Waals surface area contributed by atoms with Gasteiger partial charge in [0.1, 0.15) is 17.4 Å². The van der Waals surface area contributed by atoms with Crippen molar-refractivity contribution in [2.24, 2.45) is 0 Å². The van der Waals surface area contributed by atoms with Gasteiger partial charge in [0.15, 0.2) is 11.5 Å². The highest BCUT2D eigenvalue weighted by atomic mass is 19.4. The molecule has 2 aliphatic rings. The molecule has 4 heterocycles. The first kappa shape index (κ1) is 28.7. The van der Waals surface area contributed by atoms with Gasteiger partial charge in [0.05, 0.1) is 5.52 Å². The molecule has 0 unspecified atom stereocenters. The second-order valence-corrected chi connectivity index (χ2v) is 10.8. The van der Waals surface area contributed by atoms with E-state index in [0.717, 1.165) is 0 Å². The fourth-order valence-electron chi connectivity index (χ4n) is 5.79. The minimum absolute atomic E-state index is 0.102. The van der Waals surface area contributed by atoms with E-state index < -0.39 is 29.3 Å². The van der Waals surface area contributed by atoms with Gasteiger partial charge in [0.2, 0.25) is 11.9 Å². The fraction of sp³-hybridized carbons (Fsp3) is 0.414. The van der Waals surface area contributed by atoms with E-state index in [1.54, 1.807) is 47.4 Å². The lowest BCUT2D eigenvalue weighted by Crippen LogP contribution is -2.39. The van der Waals surface area contributed by atoms with Crippen molar-refractivity contribution in [1.82, 2.24) is 24.5 Å². The Morgan fingerprint density at radius 2 is 1.72 bits per heavy atom. The number of alkyl halides is 5. The summed E-state index contributed by atoms with van der Waals surface area (Å²) in [5, 5.41) is 9.75. The summed E-state index contributed by atoms with van der Waals surface area (Å²) in [5.41, 5.74) is -1.81. The predicted octanol–water partition coefficient (Wildman–Crippen LogP) is 6.40. The van der Waals surface area contributed by atoms with Crippen molar-refractivity contribution in [2.75, 3.05) is 18.0 Å². The third kappa shape index (κ3) is 5.95. The van der Waals surface area contributed by atoms with E-state index in [-0.39, 0.29) is 49.2 Å². The Hall–Kier alpha value is -4.36. The normalized spacial score (nSPS) is 18.2. The molecule has 0 amide bonds. The number of hydrogen-bond donors (Lipinski definition) is 1. The number of carbonyl (C=O) groups is 1. The molecule has 1 saturated heterocycles. The van der Waals surface area contributed by atoms with Gasteiger partial charge in [-0.15, -0.1) is 0 Å². The van der Waals surface area contributed by atoms with Crippen LogP contribution in [0.15, 0.2) is 49.1 Å². The summed E-state index contributed by atoms with van der Waals surface area (Å²) < 4.78 is 77.2. The largest absolute Gasteiger partial charge is 0.490 e. The van der Waals surface area contributed by atoms with E-state index in [0.29, 0.717) is 54.7 Å². The fourth-order valence-corrected chi connectivity index (χ4v) is 5.79. The molecule has 4 aromatic rings. The topological polar surface area (TPSA) is 106 Å². The van der Waals surface area contributed by atoms with Crippen LogP contribution in [0, 0.1) is 0 Å². The Kier molecular flexibility index (Phi) is 7.38. The zero-order valence-electron chi connectivity index (χ0n) is 22.8. The minimum atomic E-state index is -5.03. The molecule has 1 saturated carbocycles. The lowest BCUT2D eigenvalue weighted by atomic mass is 9.92. The number of aromatic carboxylic acids is 1. The van der Waals surface area contributed by atoms with Crippen molar-refractivity contribution >= 4 is 22.8 Å². The van der Waals surface area contributed by atoms with Gasteiger partial charge < -0.3 is 19.3 Å². The first-order valence-electron chi connectivity index (χ1n) is 13.9. The van der Waals surface area contributed by atoms with Crippen LogP contribution in [0.4, 0.5) is 27.9 Å². The monoisotopic (exact) mass is 602 g/mol. The van der Waals surface area contributed by atoms with Gasteiger partial charge in [0, 0.05) is 86.6 Å². The number of aromatic nitrogens is 5.